The van der Waals surface area contributed by atoms with Crippen molar-refractivity contribution >= 4 is 21.9 Å². The lowest BCUT2D eigenvalue weighted by molar-refractivity contribution is 0.0696. The monoisotopic (exact) mass is 296 g/mol. The van der Waals surface area contributed by atoms with Crippen LogP contribution in [0.15, 0.2) is 35.1 Å². The molecule has 0 atom stereocenters. The van der Waals surface area contributed by atoms with Crippen LogP contribution in [0.5, 0.6) is 0 Å². The third kappa shape index (κ3) is 2.47. The van der Waals surface area contributed by atoms with Gasteiger partial charge in [0.05, 0.1) is 10.0 Å². The molecular weight excluding hydrogens is 291 g/mol. The van der Waals surface area contributed by atoms with Crippen LogP contribution in [0, 0.1) is 5.82 Å². The van der Waals surface area contributed by atoms with Gasteiger partial charge in [0.1, 0.15) is 5.82 Å². The normalized spacial score (nSPS) is 10.2. The molecule has 86 valence electrons. The van der Waals surface area contributed by atoms with E-state index >= 15 is 0 Å². The minimum atomic E-state index is -1.09. The molecule has 17 heavy (non-hydrogen) atoms. The van der Waals surface area contributed by atoms with Gasteiger partial charge in [-0.3, -0.25) is 0 Å². The Labute approximate surface area is 104 Å². The molecule has 6 heteroatoms. The number of halogens is 2. The molecular formula is C11H6BrFN2O2. The maximum Gasteiger partial charge on any atom is 0.338 e. The molecule has 0 aliphatic carbocycles. The highest BCUT2D eigenvalue weighted by Crippen LogP contribution is 2.22. The van der Waals surface area contributed by atoms with E-state index < -0.39 is 5.97 Å². The first-order chi connectivity index (χ1) is 8.08. The van der Waals surface area contributed by atoms with Gasteiger partial charge < -0.3 is 5.11 Å². The Morgan fingerprint density at radius 1 is 1.29 bits per heavy atom. The number of aromatic nitrogens is 2. The fourth-order valence-electron chi connectivity index (χ4n) is 1.22. The number of carboxylic acid groups (broad SMARTS) is 1. The highest BCUT2D eigenvalue weighted by Gasteiger charge is 2.07. The lowest BCUT2D eigenvalue weighted by atomic mass is 10.2. The van der Waals surface area contributed by atoms with E-state index in [4.69, 9.17) is 5.11 Å². The second-order valence-electron chi connectivity index (χ2n) is 3.23. The van der Waals surface area contributed by atoms with Crippen molar-refractivity contribution in [2.24, 2.45) is 0 Å². The maximum absolute atomic E-state index is 13.0. The Hall–Kier alpha value is -1.82. The standard InChI is InChI=1S/C11H6BrFN2O2/c12-8-3-6(1-2-9(8)13)10-14-4-7(5-15-10)11(16)17/h1-5H,(H,16,17). The molecule has 0 aliphatic heterocycles. The van der Waals surface area contributed by atoms with E-state index in [1.165, 1.54) is 30.6 Å². The summed E-state index contributed by atoms with van der Waals surface area (Å²) in [5.41, 5.74) is 0.616. The molecule has 0 bridgehead atoms. The van der Waals surface area contributed by atoms with Crippen LogP contribution < -0.4 is 0 Å². The van der Waals surface area contributed by atoms with Gasteiger partial charge in [0.15, 0.2) is 5.82 Å². The summed E-state index contributed by atoms with van der Waals surface area (Å²) in [6.07, 6.45) is 2.42. The van der Waals surface area contributed by atoms with E-state index in [0.717, 1.165) is 0 Å². The van der Waals surface area contributed by atoms with Gasteiger partial charge in [-0.2, -0.15) is 0 Å². The number of nitrogens with zero attached hydrogens (tertiary/aromatic N) is 2. The fourth-order valence-corrected chi connectivity index (χ4v) is 1.60. The molecule has 4 nitrogen and oxygen atoms in total. The van der Waals surface area contributed by atoms with Crippen molar-refractivity contribution in [3.8, 4) is 11.4 Å². The van der Waals surface area contributed by atoms with Crippen molar-refractivity contribution in [3.63, 3.8) is 0 Å². The predicted molar refractivity (Wildman–Crippen MR) is 62.1 cm³/mol. The topological polar surface area (TPSA) is 63.1 Å². The Kier molecular flexibility index (Phi) is 3.14. The number of carbonyl (C=O) groups is 1. The lowest BCUT2D eigenvalue weighted by Crippen LogP contribution is -1.99. The van der Waals surface area contributed by atoms with Gasteiger partial charge >= 0.3 is 5.97 Å². The number of benzene rings is 1. The van der Waals surface area contributed by atoms with E-state index in [9.17, 15) is 9.18 Å². The Morgan fingerprint density at radius 2 is 1.94 bits per heavy atom. The molecule has 0 unspecified atom stereocenters. The van der Waals surface area contributed by atoms with Crippen LogP contribution in [-0.4, -0.2) is 21.0 Å². The summed E-state index contributed by atoms with van der Waals surface area (Å²) in [6.45, 7) is 0. The summed E-state index contributed by atoms with van der Waals surface area (Å²) in [6, 6.07) is 4.34. The lowest BCUT2D eigenvalue weighted by Gasteiger charge is -2.01. The summed E-state index contributed by atoms with van der Waals surface area (Å²) >= 11 is 3.06. The largest absolute Gasteiger partial charge is 0.478 e. The molecule has 0 aliphatic rings. The first-order valence-corrected chi connectivity index (χ1v) is 5.38. The summed E-state index contributed by atoms with van der Waals surface area (Å²) in [5, 5.41) is 8.69. The van der Waals surface area contributed by atoms with Crippen LogP contribution in [0.4, 0.5) is 4.39 Å². The van der Waals surface area contributed by atoms with Crippen LogP contribution in [0.3, 0.4) is 0 Å². The zero-order valence-corrected chi connectivity index (χ0v) is 9.98. The van der Waals surface area contributed by atoms with Gasteiger partial charge in [0.2, 0.25) is 0 Å². The van der Waals surface area contributed by atoms with E-state index in [2.05, 4.69) is 25.9 Å². The van der Waals surface area contributed by atoms with Crippen molar-refractivity contribution in [1.29, 1.82) is 0 Å². The molecule has 0 amide bonds. The van der Waals surface area contributed by atoms with Crippen LogP contribution in [0.2, 0.25) is 0 Å². The molecule has 1 aromatic carbocycles. The van der Waals surface area contributed by atoms with Crippen molar-refractivity contribution in [3.05, 3.63) is 46.4 Å². The molecule has 0 saturated carbocycles. The van der Waals surface area contributed by atoms with Gasteiger partial charge in [0, 0.05) is 18.0 Å². The quantitative estimate of drug-likeness (QED) is 0.925. The van der Waals surface area contributed by atoms with E-state index in [0.29, 0.717) is 15.9 Å². The zero-order valence-electron chi connectivity index (χ0n) is 8.39. The Morgan fingerprint density at radius 3 is 2.47 bits per heavy atom. The summed E-state index contributed by atoms with van der Waals surface area (Å²) in [7, 11) is 0. The molecule has 2 aromatic rings. The molecule has 1 heterocycles. The number of hydrogen-bond donors (Lipinski definition) is 1. The summed E-state index contributed by atoms with van der Waals surface area (Å²) in [4.78, 5) is 18.4. The highest BCUT2D eigenvalue weighted by atomic mass is 79.9. The predicted octanol–water partition coefficient (Wildman–Crippen LogP) is 2.74. The molecule has 0 saturated heterocycles. The second kappa shape index (κ2) is 4.58. The van der Waals surface area contributed by atoms with E-state index in [1.807, 2.05) is 0 Å². The van der Waals surface area contributed by atoms with Crippen LogP contribution in [-0.2, 0) is 0 Å². The van der Waals surface area contributed by atoms with Crippen molar-refractivity contribution in [2.45, 2.75) is 0 Å². The smallest absolute Gasteiger partial charge is 0.338 e. The van der Waals surface area contributed by atoms with E-state index in [-0.39, 0.29) is 11.4 Å². The van der Waals surface area contributed by atoms with Crippen LogP contribution >= 0.6 is 15.9 Å². The van der Waals surface area contributed by atoms with Crippen LogP contribution in [0.1, 0.15) is 10.4 Å². The number of hydrogen-bond acceptors (Lipinski definition) is 3. The maximum atomic E-state index is 13.0. The number of rotatable bonds is 2. The molecule has 0 fully saturated rings. The first-order valence-electron chi connectivity index (χ1n) is 4.58. The van der Waals surface area contributed by atoms with Gasteiger partial charge in [-0.05, 0) is 34.1 Å². The van der Waals surface area contributed by atoms with Crippen LogP contribution in [0.25, 0.3) is 11.4 Å². The SMILES string of the molecule is O=C(O)c1cnc(-c2ccc(F)c(Br)c2)nc1. The van der Waals surface area contributed by atoms with Crippen molar-refractivity contribution in [1.82, 2.24) is 9.97 Å². The molecule has 0 spiro atoms. The van der Waals surface area contributed by atoms with Crippen molar-refractivity contribution < 1.29 is 14.3 Å². The highest BCUT2D eigenvalue weighted by molar-refractivity contribution is 9.10. The molecule has 0 radical (unpaired) electrons. The second-order valence-corrected chi connectivity index (χ2v) is 4.08. The third-order valence-corrected chi connectivity index (χ3v) is 2.68. The average molecular weight is 297 g/mol. The first kappa shape index (κ1) is 11.7. The molecule has 1 N–H and O–H groups in total. The number of carboxylic acids is 1. The third-order valence-electron chi connectivity index (χ3n) is 2.08. The minimum Gasteiger partial charge on any atom is -0.478 e. The number of aromatic carboxylic acids is 1. The fraction of sp³-hybridized carbons (Fsp3) is 0. The molecule has 2 rings (SSSR count). The van der Waals surface area contributed by atoms with Gasteiger partial charge in [0.25, 0.3) is 0 Å². The average Bonchev–Trinajstić information content (AvgIpc) is 2.33. The molecule has 1 aromatic heterocycles. The summed E-state index contributed by atoms with van der Waals surface area (Å²) < 4.78 is 13.3. The minimum absolute atomic E-state index is 0.00919. The van der Waals surface area contributed by atoms with Gasteiger partial charge in [-0.15, -0.1) is 0 Å². The Balaban J connectivity index is 2.39. The van der Waals surface area contributed by atoms with Crippen molar-refractivity contribution in [2.75, 3.05) is 0 Å². The Bertz CT molecular complexity index is 572. The zero-order chi connectivity index (χ0) is 12.4. The van der Waals surface area contributed by atoms with Gasteiger partial charge in [-0.1, -0.05) is 0 Å². The van der Waals surface area contributed by atoms with E-state index in [1.54, 1.807) is 0 Å². The van der Waals surface area contributed by atoms with Gasteiger partial charge in [-0.25, -0.2) is 19.2 Å². The summed E-state index contributed by atoms with van der Waals surface area (Å²) in [5.74, 6) is -1.12.